The van der Waals surface area contributed by atoms with Gasteiger partial charge in [-0.05, 0) is 33.8 Å². The van der Waals surface area contributed by atoms with Crippen LogP contribution in [0.1, 0.15) is 4.88 Å². The minimum absolute atomic E-state index is 0.0174. The maximum atomic E-state index is 11.8. The second-order valence-corrected chi connectivity index (χ2v) is 6.56. The highest BCUT2D eigenvalue weighted by Crippen LogP contribution is 2.32. The summed E-state index contributed by atoms with van der Waals surface area (Å²) in [5, 5.41) is 2.92. The van der Waals surface area contributed by atoms with E-state index >= 15 is 0 Å². The quantitative estimate of drug-likeness (QED) is 0.781. The van der Waals surface area contributed by atoms with Gasteiger partial charge in [-0.15, -0.1) is 11.3 Å². The van der Waals surface area contributed by atoms with Gasteiger partial charge in [-0.3, -0.25) is 0 Å². The van der Waals surface area contributed by atoms with Crippen LogP contribution in [0.3, 0.4) is 0 Å². The molecule has 1 N–H and O–H groups in total. The molecule has 1 rings (SSSR count). The van der Waals surface area contributed by atoms with Crippen LogP contribution in [0.4, 0.5) is 13.2 Å². The van der Waals surface area contributed by atoms with Gasteiger partial charge in [-0.1, -0.05) is 11.6 Å². The van der Waals surface area contributed by atoms with Crippen LogP contribution in [0, 0.1) is 0 Å². The molecule has 0 radical (unpaired) electrons. The molecule has 0 atom stereocenters. The molecule has 0 spiro atoms. The largest absolute Gasteiger partial charge is 0.441 e. The molecule has 16 heavy (non-hydrogen) atoms. The van der Waals surface area contributed by atoms with Gasteiger partial charge in [0.05, 0.1) is 0 Å². The molecule has 0 aromatic carbocycles. The Hall–Kier alpha value is 0.570. The summed E-state index contributed by atoms with van der Waals surface area (Å²) in [4.78, 5) is 0.994. The zero-order valence-electron chi connectivity index (χ0n) is 7.90. The SMILES string of the molecule is FC(F)(F)SCCNCc1cc(Br)c(Cl)s1. The highest BCUT2D eigenvalue weighted by atomic mass is 79.9. The van der Waals surface area contributed by atoms with Crippen molar-refractivity contribution in [1.82, 2.24) is 5.32 Å². The average Bonchev–Trinajstić information content (AvgIpc) is 2.44. The van der Waals surface area contributed by atoms with Crippen molar-refractivity contribution in [2.75, 3.05) is 12.3 Å². The molecule has 1 aromatic heterocycles. The molecule has 0 aliphatic heterocycles. The molecule has 1 heterocycles. The molecule has 1 aromatic rings. The first kappa shape index (κ1) is 14.6. The third-order valence-electron chi connectivity index (χ3n) is 1.54. The van der Waals surface area contributed by atoms with Crippen LogP contribution < -0.4 is 5.32 Å². The van der Waals surface area contributed by atoms with Crippen molar-refractivity contribution in [1.29, 1.82) is 0 Å². The summed E-state index contributed by atoms with van der Waals surface area (Å²) in [6.45, 7) is 0.853. The molecule has 92 valence electrons. The Bertz CT molecular complexity index is 323. The van der Waals surface area contributed by atoms with Gasteiger partial charge in [0.1, 0.15) is 4.34 Å². The second kappa shape index (κ2) is 6.49. The predicted octanol–water partition coefficient (Wildman–Crippen LogP) is 4.51. The van der Waals surface area contributed by atoms with Gasteiger partial charge < -0.3 is 5.32 Å². The third-order valence-corrected chi connectivity index (χ3v) is 4.75. The normalized spacial score (nSPS) is 12.1. The van der Waals surface area contributed by atoms with E-state index in [1.807, 2.05) is 6.07 Å². The van der Waals surface area contributed by atoms with Crippen molar-refractivity contribution < 1.29 is 13.2 Å². The summed E-state index contributed by atoms with van der Waals surface area (Å²) in [7, 11) is 0. The predicted molar refractivity (Wildman–Crippen MR) is 67.2 cm³/mol. The summed E-state index contributed by atoms with van der Waals surface area (Å²) in [6, 6.07) is 1.86. The fraction of sp³-hybridized carbons (Fsp3) is 0.500. The van der Waals surface area contributed by atoms with Crippen molar-refractivity contribution in [3.63, 3.8) is 0 Å². The van der Waals surface area contributed by atoms with Crippen molar-refractivity contribution in [3.05, 3.63) is 19.8 Å². The molecule has 1 nitrogen and oxygen atoms in total. The molecule has 0 aliphatic carbocycles. The number of thioether (sulfide) groups is 1. The monoisotopic (exact) mass is 353 g/mol. The number of hydrogen-bond acceptors (Lipinski definition) is 3. The van der Waals surface area contributed by atoms with Gasteiger partial charge in [-0.2, -0.15) is 13.2 Å². The standard InChI is InChI=1S/C8H8BrClF3NS2/c9-6-3-5(16-7(6)10)4-14-1-2-15-8(11,12)13/h3,14H,1-2,4H2. The highest BCUT2D eigenvalue weighted by Gasteiger charge is 2.27. The van der Waals surface area contributed by atoms with Gasteiger partial charge in [-0.25, -0.2) is 0 Å². The molecular formula is C8H8BrClF3NS2. The first-order chi connectivity index (χ1) is 7.38. The summed E-state index contributed by atoms with van der Waals surface area (Å²) >= 11 is 10.5. The van der Waals surface area contributed by atoms with E-state index in [4.69, 9.17) is 11.6 Å². The Morgan fingerprint density at radius 1 is 1.50 bits per heavy atom. The molecule has 8 heteroatoms. The first-order valence-electron chi connectivity index (χ1n) is 4.23. The van der Waals surface area contributed by atoms with Crippen LogP contribution in [0.15, 0.2) is 10.5 Å². The number of halogens is 5. The van der Waals surface area contributed by atoms with Gasteiger partial charge >= 0.3 is 5.51 Å². The van der Waals surface area contributed by atoms with Crippen LogP contribution in [-0.4, -0.2) is 17.8 Å². The smallest absolute Gasteiger partial charge is 0.311 e. The zero-order valence-corrected chi connectivity index (χ0v) is 11.9. The maximum Gasteiger partial charge on any atom is 0.441 e. The number of thiophene rings is 1. The summed E-state index contributed by atoms with van der Waals surface area (Å²) < 4.78 is 36.8. The van der Waals surface area contributed by atoms with Crippen molar-refractivity contribution in [3.8, 4) is 0 Å². The summed E-state index contributed by atoms with van der Waals surface area (Å²) in [6.07, 6.45) is 0. The van der Waals surface area contributed by atoms with Crippen LogP contribution in [0.2, 0.25) is 4.34 Å². The Morgan fingerprint density at radius 3 is 2.69 bits per heavy atom. The van der Waals surface area contributed by atoms with Crippen LogP contribution in [0.5, 0.6) is 0 Å². The fourth-order valence-electron chi connectivity index (χ4n) is 0.929. The number of nitrogens with one attached hydrogen (secondary N) is 1. The van der Waals surface area contributed by atoms with E-state index in [0.717, 1.165) is 9.35 Å². The number of alkyl halides is 3. The minimum Gasteiger partial charge on any atom is -0.311 e. The molecule has 0 bridgehead atoms. The molecule has 0 saturated carbocycles. The molecular weight excluding hydrogens is 347 g/mol. The molecule has 0 saturated heterocycles. The molecule has 0 amide bonds. The molecule has 0 fully saturated rings. The second-order valence-electron chi connectivity index (χ2n) is 2.81. The number of hydrogen-bond donors (Lipinski definition) is 1. The zero-order chi connectivity index (χ0) is 12.2. The Labute approximate surface area is 113 Å². The van der Waals surface area contributed by atoms with E-state index in [0.29, 0.717) is 17.4 Å². The molecule has 0 aliphatic rings. The number of rotatable bonds is 5. The summed E-state index contributed by atoms with van der Waals surface area (Å²) in [5.74, 6) is 0.0176. The lowest BCUT2D eigenvalue weighted by atomic mass is 10.4. The van der Waals surface area contributed by atoms with Gasteiger partial charge in [0.15, 0.2) is 0 Å². The third kappa shape index (κ3) is 5.77. The summed E-state index contributed by atoms with van der Waals surface area (Å²) in [5.41, 5.74) is -4.14. The van der Waals surface area contributed by atoms with Crippen LogP contribution in [0.25, 0.3) is 0 Å². The van der Waals surface area contributed by atoms with Gasteiger partial charge in [0, 0.05) is 28.2 Å². The first-order valence-corrected chi connectivity index (χ1v) is 7.21. The Kier molecular flexibility index (Phi) is 5.93. The van der Waals surface area contributed by atoms with E-state index in [1.165, 1.54) is 11.3 Å². The van der Waals surface area contributed by atoms with Gasteiger partial charge in [0.2, 0.25) is 0 Å². The molecule has 0 unspecified atom stereocenters. The minimum atomic E-state index is -4.14. The van der Waals surface area contributed by atoms with Gasteiger partial charge in [0.25, 0.3) is 0 Å². The topological polar surface area (TPSA) is 12.0 Å². The maximum absolute atomic E-state index is 11.8. The highest BCUT2D eigenvalue weighted by molar-refractivity contribution is 9.10. The van der Waals surface area contributed by atoms with Crippen LogP contribution in [-0.2, 0) is 6.54 Å². The fourth-order valence-corrected chi connectivity index (χ4v) is 3.17. The Balaban J connectivity index is 2.16. The Morgan fingerprint density at radius 2 is 2.19 bits per heavy atom. The van der Waals surface area contributed by atoms with Crippen molar-refractivity contribution in [2.45, 2.75) is 12.1 Å². The van der Waals surface area contributed by atoms with E-state index in [1.54, 1.807) is 0 Å². The van der Waals surface area contributed by atoms with Crippen LogP contribution >= 0.6 is 50.6 Å². The van der Waals surface area contributed by atoms with E-state index < -0.39 is 5.51 Å². The van der Waals surface area contributed by atoms with Crippen molar-refractivity contribution >= 4 is 50.6 Å². The lowest BCUT2D eigenvalue weighted by Crippen LogP contribution is -2.17. The average molecular weight is 355 g/mol. The van der Waals surface area contributed by atoms with E-state index in [2.05, 4.69) is 21.2 Å². The van der Waals surface area contributed by atoms with E-state index in [-0.39, 0.29) is 17.5 Å². The van der Waals surface area contributed by atoms with Crippen molar-refractivity contribution in [2.24, 2.45) is 0 Å². The lowest BCUT2D eigenvalue weighted by Gasteiger charge is -2.05. The van der Waals surface area contributed by atoms with E-state index in [9.17, 15) is 13.2 Å². The lowest BCUT2D eigenvalue weighted by molar-refractivity contribution is -0.0327.